The number of halogens is 3. The molecule has 0 aliphatic carbocycles. The van der Waals surface area contributed by atoms with E-state index in [-0.39, 0.29) is 10.6 Å². The van der Waals surface area contributed by atoms with Gasteiger partial charge < -0.3 is 5.32 Å². The zero-order valence-corrected chi connectivity index (χ0v) is 10.8. The Morgan fingerprint density at radius 2 is 2.15 bits per heavy atom. The Kier molecular flexibility index (Phi) is 3.72. The predicted molar refractivity (Wildman–Crippen MR) is 65.8 cm³/mol. The van der Waals surface area contributed by atoms with Gasteiger partial charge in [0.15, 0.2) is 5.82 Å². The van der Waals surface area contributed by atoms with E-state index in [4.69, 9.17) is 5.26 Å². The summed E-state index contributed by atoms with van der Waals surface area (Å²) < 4.78 is 39.2. The average molecular weight is 297 g/mol. The number of pyridine rings is 1. The van der Waals surface area contributed by atoms with Gasteiger partial charge in [0.05, 0.1) is 11.1 Å². The van der Waals surface area contributed by atoms with E-state index in [0.29, 0.717) is 11.6 Å². The number of carbonyl (C=O) groups excluding carboxylic acids is 1. The van der Waals surface area contributed by atoms with E-state index in [1.165, 1.54) is 0 Å². The van der Waals surface area contributed by atoms with Crippen molar-refractivity contribution >= 4 is 22.2 Å². The van der Waals surface area contributed by atoms with Gasteiger partial charge in [-0.05, 0) is 17.9 Å². The summed E-state index contributed by atoms with van der Waals surface area (Å²) in [4.78, 5) is 14.4. The fourth-order valence-electron chi connectivity index (χ4n) is 1.48. The summed E-state index contributed by atoms with van der Waals surface area (Å²) >= 11 is 1.06. The Balaban J connectivity index is 2.36. The Bertz CT molecular complexity index is 736. The van der Waals surface area contributed by atoms with E-state index < -0.39 is 29.2 Å². The molecule has 4 nitrogen and oxygen atoms in total. The lowest BCUT2D eigenvalue weighted by molar-refractivity contribution is 0.102. The first-order chi connectivity index (χ1) is 9.43. The number of thiophene rings is 1. The minimum atomic E-state index is -1.70. The number of aryl methyl sites for hydroxylation is 1. The number of anilines is 1. The molecule has 0 bridgehead atoms. The number of rotatable bonds is 2. The topological polar surface area (TPSA) is 65.8 Å². The second-order valence-electron chi connectivity index (χ2n) is 3.79. The maximum Gasteiger partial charge on any atom is 0.259 e. The lowest BCUT2D eigenvalue weighted by Gasteiger charge is -2.05. The molecule has 1 N–H and O–H groups in total. The number of nitrogens with one attached hydrogen (secondary N) is 1. The molecule has 0 fully saturated rings. The van der Waals surface area contributed by atoms with Gasteiger partial charge in [-0.3, -0.25) is 4.79 Å². The third kappa shape index (κ3) is 2.48. The summed E-state index contributed by atoms with van der Waals surface area (Å²) in [6.07, 6.45) is 0. The highest BCUT2D eigenvalue weighted by molar-refractivity contribution is 7.14. The maximum absolute atomic E-state index is 13.4. The summed E-state index contributed by atoms with van der Waals surface area (Å²) in [7, 11) is 0. The highest BCUT2D eigenvalue weighted by Gasteiger charge is 2.20. The van der Waals surface area contributed by atoms with Gasteiger partial charge in [0.1, 0.15) is 11.1 Å². The fourth-order valence-corrected chi connectivity index (χ4v) is 2.37. The zero-order chi connectivity index (χ0) is 14.9. The molecule has 2 heterocycles. The van der Waals surface area contributed by atoms with Crippen LogP contribution in [-0.2, 0) is 0 Å². The Labute approximate surface area is 115 Å². The molecule has 2 aromatic heterocycles. The monoisotopic (exact) mass is 297 g/mol. The van der Waals surface area contributed by atoms with E-state index >= 15 is 0 Å². The van der Waals surface area contributed by atoms with E-state index in [1.54, 1.807) is 12.3 Å². The Morgan fingerprint density at radius 1 is 1.45 bits per heavy atom. The summed E-state index contributed by atoms with van der Waals surface area (Å²) in [5.41, 5.74) is 0.0454. The van der Waals surface area contributed by atoms with Crippen molar-refractivity contribution in [2.75, 3.05) is 5.32 Å². The molecule has 8 heteroatoms. The highest BCUT2D eigenvalue weighted by atomic mass is 32.1. The molecule has 0 aliphatic heterocycles. The van der Waals surface area contributed by atoms with Crippen molar-refractivity contribution in [2.24, 2.45) is 0 Å². The lowest BCUT2D eigenvalue weighted by atomic mass is 10.2. The first-order valence-electron chi connectivity index (χ1n) is 5.25. The van der Waals surface area contributed by atoms with E-state index in [2.05, 4.69) is 10.3 Å². The summed E-state index contributed by atoms with van der Waals surface area (Å²) in [6, 6.07) is 2.37. The van der Waals surface area contributed by atoms with Gasteiger partial charge in [0.2, 0.25) is 5.95 Å². The SMILES string of the molecule is Cc1csc(NC(=O)c2cc(F)nc(F)c2F)c1C#N. The molecule has 20 heavy (non-hydrogen) atoms. The molecule has 102 valence electrons. The number of nitriles is 1. The molecule has 0 aliphatic rings. The van der Waals surface area contributed by atoms with Crippen LogP contribution in [0.3, 0.4) is 0 Å². The predicted octanol–water partition coefficient (Wildman–Crippen LogP) is 2.99. The van der Waals surface area contributed by atoms with Crippen molar-refractivity contribution in [1.29, 1.82) is 5.26 Å². The van der Waals surface area contributed by atoms with Crippen molar-refractivity contribution in [3.63, 3.8) is 0 Å². The molecule has 0 unspecified atom stereocenters. The minimum Gasteiger partial charge on any atom is -0.312 e. The lowest BCUT2D eigenvalue weighted by Crippen LogP contribution is -2.16. The number of nitrogens with zero attached hydrogens (tertiary/aromatic N) is 2. The van der Waals surface area contributed by atoms with Gasteiger partial charge >= 0.3 is 0 Å². The largest absolute Gasteiger partial charge is 0.312 e. The average Bonchev–Trinajstić information content (AvgIpc) is 2.74. The Morgan fingerprint density at radius 3 is 2.80 bits per heavy atom. The molecule has 1 amide bonds. The normalized spacial score (nSPS) is 10.2. The van der Waals surface area contributed by atoms with Gasteiger partial charge in [-0.1, -0.05) is 0 Å². The van der Waals surface area contributed by atoms with Gasteiger partial charge in [0, 0.05) is 6.07 Å². The fraction of sp³-hybridized carbons (Fsp3) is 0.0833. The quantitative estimate of drug-likeness (QED) is 0.867. The third-order valence-electron chi connectivity index (χ3n) is 2.44. The molecule has 0 atom stereocenters. The van der Waals surface area contributed by atoms with E-state index in [0.717, 1.165) is 11.3 Å². The van der Waals surface area contributed by atoms with Crippen LogP contribution >= 0.6 is 11.3 Å². The standard InChI is InChI=1S/C12H6F3N3OS/c1-5-4-20-12(7(5)3-16)18-11(19)6-2-8(13)17-10(15)9(6)14/h2,4H,1H3,(H,18,19). The highest BCUT2D eigenvalue weighted by Crippen LogP contribution is 2.27. The van der Waals surface area contributed by atoms with Crippen molar-refractivity contribution < 1.29 is 18.0 Å². The Hall–Kier alpha value is -2.40. The molecule has 0 spiro atoms. The van der Waals surface area contributed by atoms with Gasteiger partial charge in [-0.2, -0.15) is 19.0 Å². The van der Waals surface area contributed by atoms with Crippen LogP contribution in [0, 0.1) is 36.0 Å². The molecular weight excluding hydrogens is 291 g/mol. The van der Waals surface area contributed by atoms with Gasteiger partial charge in [-0.15, -0.1) is 11.3 Å². The van der Waals surface area contributed by atoms with Crippen molar-refractivity contribution in [3.05, 3.63) is 45.8 Å². The molecule has 0 saturated carbocycles. The first kappa shape index (κ1) is 14.0. The van der Waals surface area contributed by atoms with Crippen molar-refractivity contribution in [2.45, 2.75) is 6.92 Å². The van der Waals surface area contributed by atoms with Crippen LogP contribution in [0.1, 0.15) is 21.5 Å². The molecular formula is C12H6F3N3OS. The zero-order valence-electron chi connectivity index (χ0n) is 10.00. The number of amides is 1. The number of aromatic nitrogens is 1. The third-order valence-corrected chi connectivity index (χ3v) is 3.46. The minimum absolute atomic E-state index is 0.187. The second kappa shape index (κ2) is 5.30. The van der Waals surface area contributed by atoms with Crippen LogP contribution in [0.15, 0.2) is 11.4 Å². The molecule has 0 radical (unpaired) electrons. The molecule has 0 saturated heterocycles. The molecule has 0 aromatic carbocycles. The van der Waals surface area contributed by atoms with Gasteiger partial charge in [-0.25, -0.2) is 4.39 Å². The van der Waals surface area contributed by atoms with Gasteiger partial charge in [0.25, 0.3) is 11.9 Å². The van der Waals surface area contributed by atoms with Crippen LogP contribution in [0.25, 0.3) is 0 Å². The number of carbonyl (C=O) groups is 1. The molecule has 2 rings (SSSR count). The number of hydrogen-bond donors (Lipinski definition) is 1. The van der Waals surface area contributed by atoms with Crippen LogP contribution in [0.4, 0.5) is 18.2 Å². The summed E-state index contributed by atoms with van der Waals surface area (Å²) in [5, 5.41) is 13.0. The van der Waals surface area contributed by atoms with Crippen molar-refractivity contribution in [3.8, 4) is 6.07 Å². The summed E-state index contributed by atoms with van der Waals surface area (Å²) in [5.74, 6) is -5.60. The smallest absolute Gasteiger partial charge is 0.259 e. The summed E-state index contributed by atoms with van der Waals surface area (Å²) in [6.45, 7) is 1.66. The van der Waals surface area contributed by atoms with Crippen LogP contribution in [-0.4, -0.2) is 10.9 Å². The van der Waals surface area contributed by atoms with E-state index in [9.17, 15) is 18.0 Å². The molecule has 2 aromatic rings. The van der Waals surface area contributed by atoms with Crippen LogP contribution in [0.2, 0.25) is 0 Å². The second-order valence-corrected chi connectivity index (χ2v) is 4.67. The van der Waals surface area contributed by atoms with Crippen LogP contribution in [0.5, 0.6) is 0 Å². The number of hydrogen-bond acceptors (Lipinski definition) is 4. The van der Waals surface area contributed by atoms with Crippen molar-refractivity contribution in [1.82, 2.24) is 4.98 Å². The van der Waals surface area contributed by atoms with Crippen LogP contribution < -0.4 is 5.32 Å². The first-order valence-corrected chi connectivity index (χ1v) is 6.13. The maximum atomic E-state index is 13.4. The van der Waals surface area contributed by atoms with E-state index in [1.807, 2.05) is 6.07 Å².